The lowest BCUT2D eigenvalue weighted by Crippen LogP contribution is -2.06. The second-order valence-electron chi connectivity index (χ2n) is 4.54. The first kappa shape index (κ1) is 12.7. The van der Waals surface area contributed by atoms with Crippen molar-refractivity contribution in [3.05, 3.63) is 46.6 Å². The first-order valence-electron chi connectivity index (χ1n) is 6.46. The molecule has 0 aliphatic carbocycles. The molecule has 0 amide bonds. The molecule has 2 heterocycles. The molecule has 3 aromatic rings. The third-order valence-corrected chi connectivity index (χ3v) is 3.14. The minimum Gasteiger partial charge on any atom is -0.421 e. The number of fused-ring (bicyclic) bond motifs is 3. The molecule has 102 valence electrons. The first-order valence-corrected chi connectivity index (χ1v) is 6.46. The van der Waals surface area contributed by atoms with Gasteiger partial charge in [0.05, 0.1) is 5.69 Å². The van der Waals surface area contributed by atoms with Crippen LogP contribution in [0.25, 0.3) is 22.0 Å². The van der Waals surface area contributed by atoms with Gasteiger partial charge in [0.1, 0.15) is 11.1 Å². The molecule has 0 saturated carbocycles. The number of hydrogen-bond donors (Lipinski definition) is 0. The number of methoxy groups -OCH3 is 1. The summed E-state index contributed by atoms with van der Waals surface area (Å²) in [4.78, 5) is 20.7. The summed E-state index contributed by atoms with van der Waals surface area (Å²) >= 11 is 0. The maximum atomic E-state index is 12.0. The van der Waals surface area contributed by atoms with E-state index in [1.165, 1.54) is 0 Å². The maximum absolute atomic E-state index is 12.0. The molecule has 0 spiro atoms. The van der Waals surface area contributed by atoms with Crippen molar-refractivity contribution >= 4 is 22.0 Å². The molecular formula is C15H14N2O3. The summed E-state index contributed by atoms with van der Waals surface area (Å²) in [6, 6.07) is 7.34. The van der Waals surface area contributed by atoms with E-state index < -0.39 is 5.63 Å². The Labute approximate surface area is 115 Å². The van der Waals surface area contributed by atoms with Gasteiger partial charge >= 0.3 is 5.63 Å². The fourth-order valence-corrected chi connectivity index (χ4v) is 2.18. The largest absolute Gasteiger partial charge is 0.421 e. The predicted molar refractivity (Wildman–Crippen MR) is 75.8 cm³/mol. The quantitative estimate of drug-likeness (QED) is 0.413. The van der Waals surface area contributed by atoms with Crippen molar-refractivity contribution in [2.75, 3.05) is 13.7 Å². The molecule has 0 atom stereocenters. The lowest BCUT2D eigenvalue weighted by Gasteiger charge is -2.03. The van der Waals surface area contributed by atoms with E-state index >= 15 is 0 Å². The molecule has 0 fully saturated rings. The summed E-state index contributed by atoms with van der Waals surface area (Å²) in [5, 5.41) is 0.804. The number of para-hydroxylation sites is 1. The highest BCUT2D eigenvalue weighted by Gasteiger charge is 2.10. The van der Waals surface area contributed by atoms with Crippen molar-refractivity contribution in [2.45, 2.75) is 12.8 Å². The minimum absolute atomic E-state index is 0.290. The Kier molecular flexibility index (Phi) is 3.43. The molecule has 5 heteroatoms. The smallest absolute Gasteiger partial charge is 0.364 e. The third-order valence-electron chi connectivity index (χ3n) is 3.14. The van der Waals surface area contributed by atoms with E-state index in [-0.39, 0.29) is 0 Å². The zero-order valence-electron chi connectivity index (χ0n) is 11.1. The van der Waals surface area contributed by atoms with E-state index in [4.69, 9.17) is 9.15 Å². The van der Waals surface area contributed by atoms with Gasteiger partial charge in [-0.05, 0) is 25.0 Å². The average Bonchev–Trinajstić information content (AvgIpc) is 2.48. The van der Waals surface area contributed by atoms with Crippen molar-refractivity contribution in [1.82, 2.24) is 9.97 Å². The van der Waals surface area contributed by atoms with Crippen LogP contribution < -0.4 is 5.63 Å². The lowest BCUT2D eigenvalue weighted by atomic mass is 10.2. The Balaban J connectivity index is 2.12. The van der Waals surface area contributed by atoms with Crippen molar-refractivity contribution in [3.63, 3.8) is 0 Å². The molecule has 0 aliphatic rings. The minimum atomic E-state index is -0.445. The van der Waals surface area contributed by atoms with E-state index in [0.29, 0.717) is 23.2 Å². The van der Waals surface area contributed by atoms with Gasteiger partial charge in [0, 0.05) is 25.3 Å². The summed E-state index contributed by atoms with van der Waals surface area (Å²) < 4.78 is 10.3. The van der Waals surface area contributed by atoms with E-state index in [1.54, 1.807) is 19.4 Å². The highest BCUT2D eigenvalue weighted by Crippen LogP contribution is 2.19. The molecule has 0 aliphatic heterocycles. The molecule has 3 rings (SSSR count). The number of ether oxygens (including phenoxy) is 1. The number of hydrogen-bond acceptors (Lipinski definition) is 5. The van der Waals surface area contributed by atoms with Crippen LogP contribution in [0.1, 0.15) is 12.1 Å². The van der Waals surface area contributed by atoms with E-state index in [0.717, 1.165) is 23.9 Å². The van der Waals surface area contributed by atoms with Gasteiger partial charge in [-0.3, -0.25) is 4.98 Å². The predicted octanol–water partition coefficient (Wildman–Crippen LogP) is 2.32. The molecule has 0 bridgehead atoms. The molecule has 2 aromatic heterocycles. The summed E-state index contributed by atoms with van der Waals surface area (Å²) in [7, 11) is 1.66. The molecule has 5 nitrogen and oxygen atoms in total. The summed E-state index contributed by atoms with van der Waals surface area (Å²) in [6.07, 6.45) is 3.28. The molecule has 0 unspecified atom stereocenters. The van der Waals surface area contributed by atoms with Gasteiger partial charge in [0.15, 0.2) is 5.52 Å². The van der Waals surface area contributed by atoms with Gasteiger partial charge in [0.2, 0.25) is 0 Å². The van der Waals surface area contributed by atoms with E-state index in [9.17, 15) is 4.79 Å². The highest BCUT2D eigenvalue weighted by molar-refractivity contribution is 5.99. The number of benzene rings is 1. The molecule has 0 N–H and O–H groups in total. The third kappa shape index (κ3) is 2.28. The Morgan fingerprint density at radius 2 is 2.10 bits per heavy atom. The molecule has 0 saturated heterocycles. The van der Waals surface area contributed by atoms with Crippen molar-refractivity contribution in [3.8, 4) is 0 Å². The van der Waals surface area contributed by atoms with E-state index in [2.05, 4.69) is 9.97 Å². The van der Waals surface area contributed by atoms with Gasteiger partial charge < -0.3 is 9.15 Å². The SMILES string of the molecule is COCCCc1cnc2c(n1)c(=O)oc1ccccc12. The van der Waals surface area contributed by atoms with Crippen molar-refractivity contribution in [1.29, 1.82) is 0 Å². The second kappa shape index (κ2) is 5.38. The molecular weight excluding hydrogens is 256 g/mol. The van der Waals surface area contributed by atoms with Gasteiger partial charge in [0.25, 0.3) is 0 Å². The topological polar surface area (TPSA) is 65.2 Å². The summed E-state index contributed by atoms with van der Waals surface area (Å²) in [5.74, 6) is 0. The highest BCUT2D eigenvalue weighted by atomic mass is 16.5. The monoisotopic (exact) mass is 270 g/mol. The van der Waals surface area contributed by atoms with Crippen LogP contribution in [-0.2, 0) is 11.2 Å². The van der Waals surface area contributed by atoms with Crippen molar-refractivity contribution < 1.29 is 9.15 Å². The van der Waals surface area contributed by atoms with Crippen LogP contribution in [0.5, 0.6) is 0 Å². The normalized spacial score (nSPS) is 11.2. The first-order chi connectivity index (χ1) is 9.79. The van der Waals surface area contributed by atoms with Crippen LogP contribution in [-0.4, -0.2) is 23.7 Å². The van der Waals surface area contributed by atoms with Crippen LogP contribution in [0.3, 0.4) is 0 Å². The zero-order chi connectivity index (χ0) is 13.9. The van der Waals surface area contributed by atoms with Crippen LogP contribution in [0.2, 0.25) is 0 Å². The lowest BCUT2D eigenvalue weighted by molar-refractivity contribution is 0.195. The number of aromatic nitrogens is 2. The fourth-order valence-electron chi connectivity index (χ4n) is 2.18. The average molecular weight is 270 g/mol. The Morgan fingerprint density at radius 1 is 1.25 bits per heavy atom. The number of rotatable bonds is 4. The summed E-state index contributed by atoms with van der Waals surface area (Å²) in [5.41, 5.74) is 1.74. The summed E-state index contributed by atoms with van der Waals surface area (Å²) in [6.45, 7) is 0.659. The van der Waals surface area contributed by atoms with Gasteiger partial charge in [-0.15, -0.1) is 0 Å². The molecule has 0 radical (unpaired) electrons. The van der Waals surface area contributed by atoms with Gasteiger partial charge in [-0.25, -0.2) is 9.78 Å². The van der Waals surface area contributed by atoms with Gasteiger partial charge in [-0.1, -0.05) is 12.1 Å². The zero-order valence-corrected chi connectivity index (χ0v) is 11.1. The number of nitrogens with zero attached hydrogens (tertiary/aromatic N) is 2. The van der Waals surface area contributed by atoms with Crippen LogP contribution >= 0.6 is 0 Å². The van der Waals surface area contributed by atoms with Gasteiger partial charge in [-0.2, -0.15) is 0 Å². The van der Waals surface area contributed by atoms with Crippen LogP contribution in [0.4, 0.5) is 0 Å². The maximum Gasteiger partial charge on any atom is 0.364 e. The molecule has 1 aromatic carbocycles. The second-order valence-corrected chi connectivity index (χ2v) is 4.54. The number of aryl methyl sites for hydroxylation is 1. The Bertz CT molecular complexity index is 811. The Hall–Kier alpha value is -2.27. The van der Waals surface area contributed by atoms with Crippen molar-refractivity contribution in [2.24, 2.45) is 0 Å². The van der Waals surface area contributed by atoms with E-state index in [1.807, 2.05) is 18.2 Å². The Morgan fingerprint density at radius 3 is 2.95 bits per heavy atom. The van der Waals surface area contributed by atoms with Crippen LogP contribution in [0, 0.1) is 0 Å². The fraction of sp³-hybridized carbons (Fsp3) is 0.267. The standard InChI is InChI=1S/C15H14N2O3/c1-19-8-4-5-10-9-16-13-11-6-2-3-7-12(11)20-15(18)14(13)17-10/h2-3,6-7,9H,4-5,8H2,1H3. The molecule has 20 heavy (non-hydrogen) atoms. The van der Waals surface area contributed by atoms with Crippen LogP contribution in [0.15, 0.2) is 39.7 Å².